The Morgan fingerprint density at radius 1 is 1.33 bits per heavy atom. The van der Waals surface area contributed by atoms with Gasteiger partial charge in [0.25, 0.3) is 0 Å². The van der Waals surface area contributed by atoms with E-state index >= 15 is 0 Å². The Balaban J connectivity index is 2.46. The Labute approximate surface area is 127 Å². The molecule has 0 aliphatic heterocycles. The van der Waals surface area contributed by atoms with Crippen LogP contribution in [-0.2, 0) is 4.79 Å². The zero-order valence-electron chi connectivity index (χ0n) is 13.4. The zero-order chi connectivity index (χ0) is 15.8. The van der Waals surface area contributed by atoms with Gasteiger partial charge in [0.05, 0.1) is 11.3 Å². The monoisotopic (exact) mass is 287 g/mol. The summed E-state index contributed by atoms with van der Waals surface area (Å²) in [5, 5.41) is 11.8. The van der Waals surface area contributed by atoms with Crippen LogP contribution in [0.5, 0.6) is 0 Å². The largest absolute Gasteiger partial charge is 0.325 e. The Morgan fingerprint density at radius 2 is 2.00 bits per heavy atom. The van der Waals surface area contributed by atoms with Crippen molar-refractivity contribution in [1.82, 2.24) is 4.90 Å². The van der Waals surface area contributed by atoms with E-state index in [1.807, 2.05) is 13.1 Å². The molecule has 0 radical (unpaired) electrons. The Morgan fingerprint density at radius 3 is 2.62 bits per heavy atom. The van der Waals surface area contributed by atoms with Gasteiger partial charge in [-0.3, -0.25) is 4.79 Å². The smallest absolute Gasteiger partial charge is 0.225 e. The van der Waals surface area contributed by atoms with Crippen molar-refractivity contribution in [2.45, 2.75) is 39.7 Å². The first-order valence-electron chi connectivity index (χ1n) is 7.43. The van der Waals surface area contributed by atoms with Crippen molar-refractivity contribution >= 4 is 11.6 Å². The van der Waals surface area contributed by atoms with Crippen LogP contribution in [0.1, 0.15) is 39.2 Å². The van der Waals surface area contributed by atoms with Crippen LogP contribution in [0.3, 0.4) is 0 Å². The van der Waals surface area contributed by atoms with Crippen molar-refractivity contribution in [2.24, 2.45) is 5.92 Å². The molecular formula is C17H25N3O. The number of benzene rings is 1. The highest BCUT2D eigenvalue weighted by molar-refractivity contribution is 5.92. The Hall–Kier alpha value is -1.86. The highest BCUT2D eigenvalue weighted by Gasteiger charge is 2.13. The van der Waals surface area contributed by atoms with E-state index < -0.39 is 0 Å². The van der Waals surface area contributed by atoms with Crippen molar-refractivity contribution in [3.8, 4) is 6.07 Å². The molecule has 1 atom stereocenters. The third-order valence-corrected chi connectivity index (χ3v) is 3.58. The average Bonchev–Trinajstić information content (AvgIpc) is 2.44. The van der Waals surface area contributed by atoms with Gasteiger partial charge in [-0.25, -0.2) is 0 Å². The number of nitriles is 1. The van der Waals surface area contributed by atoms with Gasteiger partial charge in [-0.1, -0.05) is 26.0 Å². The highest BCUT2D eigenvalue weighted by Crippen LogP contribution is 2.14. The molecule has 1 rings (SSSR count). The maximum atomic E-state index is 12.0. The Kier molecular flexibility index (Phi) is 6.90. The number of carbonyl (C=O) groups is 1. The summed E-state index contributed by atoms with van der Waals surface area (Å²) in [4.78, 5) is 14.2. The first kappa shape index (κ1) is 17.2. The molecule has 114 valence electrons. The number of hydrogen-bond acceptors (Lipinski definition) is 3. The van der Waals surface area contributed by atoms with Gasteiger partial charge in [0.15, 0.2) is 0 Å². The summed E-state index contributed by atoms with van der Waals surface area (Å²) in [6.07, 6.45) is 1.55. The molecule has 0 bridgehead atoms. The first-order valence-corrected chi connectivity index (χ1v) is 7.43. The van der Waals surface area contributed by atoms with Gasteiger partial charge in [-0.15, -0.1) is 0 Å². The van der Waals surface area contributed by atoms with E-state index in [9.17, 15) is 4.79 Å². The minimum Gasteiger partial charge on any atom is -0.325 e. The SMILES string of the molecule is CC(C)C[C@H](C)N(C)CCC(=O)Nc1ccccc1C#N. The molecule has 0 aliphatic carbocycles. The molecular weight excluding hydrogens is 262 g/mol. The molecule has 21 heavy (non-hydrogen) atoms. The van der Waals surface area contributed by atoms with Crippen molar-refractivity contribution < 1.29 is 4.79 Å². The quantitative estimate of drug-likeness (QED) is 0.837. The van der Waals surface area contributed by atoms with Crippen molar-refractivity contribution in [1.29, 1.82) is 5.26 Å². The number of hydrogen-bond donors (Lipinski definition) is 1. The van der Waals surface area contributed by atoms with Gasteiger partial charge in [0.2, 0.25) is 5.91 Å². The summed E-state index contributed by atoms with van der Waals surface area (Å²) in [7, 11) is 2.05. The number of para-hydroxylation sites is 1. The third-order valence-electron chi connectivity index (χ3n) is 3.58. The van der Waals surface area contributed by atoms with E-state index in [1.54, 1.807) is 18.2 Å². The number of nitrogens with one attached hydrogen (secondary N) is 1. The Bertz CT molecular complexity index is 505. The lowest BCUT2D eigenvalue weighted by Crippen LogP contribution is -2.33. The molecule has 0 unspecified atom stereocenters. The van der Waals surface area contributed by atoms with Crippen LogP contribution >= 0.6 is 0 Å². The topological polar surface area (TPSA) is 56.1 Å². The maximum Gasteiger partial charge on any atom is 0.225 e. The van der Waals surface area contributed by atoms with Crippen molar-refractivity contribution in [3.63, 3.8) is 0 Å². The van der Waals surface area contributed by atoms with Crippen molar-refractivity contribution in [2.75, 3.05) is 18.9 Å². The van der Waals surface area contributed by atoms with Gasteiger partial charge in [0.1, 0.15) is 6.07 Å². The number of carbonyl (C=O) groups excluding carboxylic acids is 1. The second-order valence-corrected chi connectivity index (χ2v) is 5.91. The van der Waals surface area contributed by atoms with Crippen LogP contribution in [0.4, 0.5) is 5.69 Å². The summed E-state index contributed by atoms with van der Waals surface area (Å²) in [6, 6.07) is 9.60. The molecule has 4 heteroatoms. The highest BCUT2D eigenvalue weighted by atomic mass is 16.1. The summed E-state index contributed by atoms with van der Waals surface area (Å²) in [6.45, 7) is 7.31. The van der Waals surface area contributed by atoms with Gasteiger partial charge in [0, 0.05) is 19.0 Å². The minimum atomic E-state index is -0.0544. The molecule has 0 fully saturated rings. The van der Waals surface area contributed by atoms with Gasteiger partial charge >= 0.3 is 0 Å². The molecule has 0 saturated heterocycles. The molecule has 1 aromatic carbocycles. The number of amides is 1. The van der Waals surface area contributed by atoms with E-state index in [1.165, 1.54) is 0 Å². The van der Waals surface area contributed by atoms with E-state index in [0.717, 1.165) is 6.42 Å². The lowest BCUT2D eigenvalue weighted by Gasteiger charge is -2.25. The molecule has 0 saturated carbocycles. The number of anilines is 1. The molecule has 0 spiro atoms. The number of nitrogens with zero attached hydrogens (tertiary/aromatic N) is 2. The first-order chi connectivity index (χ1) is 9.93. The summed E-state index contributed by atoms with van der Waals surface area (Å²) in [5.41, 5.74) is 1.08. The molecule has 1 N–H and O–H groups in total. The second-order valence-electron chi connectivity index (χ2n) is 5.91. The second kappa shape index (κ2) is 8.43. The standard InChI is InChI=1S/C17H25N3O/c1-13(2)11-14(3)20(4)10-9-17(21)19-16-8-6-5-7-15(16)12-18/h5-8,13-14H,9-11H2,1-4H3,(H,19,21)/t14-/m0/s1. The summed E-state index contributed by atoms with van der Waals surface area (Å²) in [5.74, 6) is 0.597. The third kappa shape index (κ3) is 5.97. The fourth-order valence-corrected chi connectivity index (χ4v) is 2.26. The van der Waals surface area contributed by atoms with Crippen LogP contribution in [0.15, 0.2) is 24.3 Å². The predicted octanol–water partition coefficient (Wildman–Crippen LogP) is 3.25. The zero-order valence-corrected chi connectivity index (χ0v) is 13.4. The van der Waals surface area contributed by atoms with Gasteiger partial charge in [-0.2, -0.15) is 5.26 Å². The van der Waals surface area contributed by atoms with Crippen LogP contribution in [0.25, 0.3) is 0 Å². The minimum absolute atomic E-state index is 0.0544. The van der Waals surface area contributed by atoms with Crippen LogP contribution in [0.2, 0.25) is 0 Å². The van der Waals surface area contributed by atoms with Gasteiger partial charge in [-0.05, 0) is 38.4 Å². The summed E-state index contributed by atoms with van der Waals surface area (Å²) >= 11 is 0. The average molecular weight is 287 g/mol. The molecule has 1 amide bonds. The predicted molar refractivity (Wildman–Crippen MR) is 86.0 cm³/mol. The molecule has 0 aliphatic rings. The van der Waals surface area contributed by atoms with E-state index in [0.29, 0.717) is 36.2 Å². The van der Waals surface area contributed by atoms with Crippen LogP contribution < -0.4 is 5.32 Å². The lowest BCUT2D eigenvalue weighted by molar-refractivity contribution is -0.116. The molecule has 0 heterocycles. The normalized spacial score (nSPS) is 12.2. The van der Waals surface area contributed by atoms with Crippen LogP contribution in [0, 0.1) is 17.2 Å². The van der Waals surface area contributed by atoms with Gasteiger partial charge < -0.3 is 10.2 Å². The lowest BCUT2D eigenvalue weighted by atomic mass is 10.0. The number of rotatable bonds is 7. The summed E-state index contributed by atoms with van der Waals surface area (Å²) < 4.78 is 0. The fourth-order valence-electron chi connectivity index (χ4n) is 2.26. The van der Waals surface area contributed by atoms with E-state index in [4.69, 9.17) is 5.26 Å². The molecule has 1 aromatic rings. The van der Waals surface area contributed by atoms with E-state index in [-0.39, 0.29) is 5.91 Å². The fraction of sp³-hybridized carbons (Fsp3) is 0.529. The van der Waals surface area contributed by atoms with Crippen LogP contribution in [-0.4, -0.2) is 30.4 Å². The maximum absolute atomic E-state index is 12.0. The van der Waals surface area contributed by atoms with E-state index in [2.05, 4.69) is 37.1 Å². The molecule has 4 nitrogen and oxygen atoms in total. The van der Waals surface area contributed by atoms with Crippen molar-refractivity contribution in [3.05, 3.63) is 29.8 Å². The molecule has 0 aromatic heterocycles.